The number of ether oxygens (including phenoxy) is 1. The Bertz CT molecular complexity index is 614. The van der Waals surface area contributed by atoms with Crippen molar-refractivity contribution in [3.05, 3.63) is 12.1 Å². The maximum Gasteiger partial charge on any atom is 0.215 e. The first-order valence-electron chi connectivity index (χ1n) is 7.28. The highest BCUT2D eigenvalue weighted by molar-refractivity contribution is 5.74. The molecule has 0 atom stereocenters. The molecule has 0 spiro atoms. The number of hydrogen-bond acceptors (Lipinski definition) is 4. The third kappa shape index (κ3) is 2.32. The van der Waals surface area contributed by atoms with Gasteiger partial charge in [-0.1, -0.05) is 26.2 Å². The number of anilines is 1. The molecule has 108 valence electrons. The smallest absolute Gasteiger partial charge is 0.215 e. The fourth-order valence-corrected chi connectivity index (χ4v) is 3.22. The third-order valence-electron chi connectivity index (χ3n) is 4.41. The Morgan fingerprint density at radius 3 is 2.70 bits per heavy atom. The number of methoxy groups -OCH3 is 1. The molecule has 2 aromatic heterocycles. The van der Waals surface area contributed by atoms with Gasteiger partial charge in [-0.2, -0.15) is 4.98 Å². The summed E-state index contributed by atoms with van der Waals surface area (Å²) in [5, 5.41) is 0. The van der Waals surface area contributed by atoms with Crippen LogP contribution < -0.4 is 10.5 Å². The molecule has 0 bridgehead atoms. The number of pyridine rings is 1. The molecule has 0 aliphatic heterocycles. The average molecular weight is 274 g/mol. The second-order valence-electron chi connectivity index (χ2n) is 6.12. The molecule has 5 heteroatoms. The first kappa shape index (κ1) is 13.2. The Morgan fingerprint density at radius 1 is 1.25 bits per heavy atom. The van der Waals surface area contributed by atoms with Gasteiger partial charge in [0.25, 0.3) is 0 Å². The standard InChI is InChI=1S/C15H22N4O/c1-15(8-4-3-5-9-15)10-19-13-11(17-14(19)16)6-7-12(18-13)20-2/h6-7H,3-5,8-10H2,1-2H3,(H2,16,17). The lowest BCUT2D eigenvalue weighted by Gasteiger charge is -2.34. The van der Waals surface area contributed by atoms with Gasteiger partial charge >= 0.3 is 0 Å². The second-order valence-corrected chi connectivity index (χ2v) is 6.12. The van der Waals surface area contributed by atoms with Gasteiger partial charge in [0.1, 0.15) is 5.52 Å². The van der Waals surface area contributed by atoms with Gasteiger partial charge in [0.15, 0.2) is 5.65 Å². The number of rotatable bonds is 3. The molecular weight excluding hydrogens is 252 g/mol. The molecule has 0 saturated heterocycles. The van der Waals surface area contributed by atoms with Crippen LogP contribution in [0.5, 0.6) is 5.88 Å². The molecule has 1 aliphatic carbocycles. The van der Waals surface area contributed by atoms with Gasteiger partial charge in [0.2, 0.25) is 11.8 Å². The highest BCUT2D eigenvalue weighted by Gasteiger charge is 2.29. The van der Waals surface area contributed by atoms with Crippen molar-refractivity contribution in [1.29, 1.82) is 0 Å². The molecule has 0 amide bonds. The van der Waals surface area contributed by atoms with Crippen LogP contribution >= 0.6 is 0 Å². The molecule has 2 heterocycles. The monoisotopic (exact) mass is 274 g/mol. The lowest BCUT2D eigenvalue weighted by molar-refractivity contribution is 0.186. The van der Waals surface area contributed by atoms with Gasteiger partial charge in [-0.3, -0.25) is 4.57 Å². The second kappa shape index (κ2) is 4.96. The molecule has 1 aliphatic rings. The van der Waals surface area contributed by atoms with E-state index in [1.165, 1.54) is 32.1 Å². The van der Waals surface area contributed by atoms with Crippen molar-refractivity contribution < 1.29 is 4.74 Å². The largest absolute Gasteiger partial charge is 0.481 e. The van der Waals surface area contributed by atoms with E-state index >= 15 is 0 Å². The molecule has 20 heavy (non-hydrogen) atoms. The van der Waals surface area contributed by atoms with Crippen LogP contribution in [0.4, 0.5) is 5.95 Å². The summed E-state index contributed by atoms with van der Waals surface area (Å²) in [6, 6.07) is 3.73. The summed E-state index contributed by atoms with van der Waals surface area (Å²) < 4.78 is 7.25. The van der Waals surface area contributed by atoms with E-state index in [-0.39, 0.29) is 0 Å². The van der Waals surface area contributed by atoms with Crippen molar-refractivity contribution in [2.45, 2.75) is 45.6 Å². The zero-order chi connectivity index (χ0) is 14.2. The first-order valence-corrected chi connectivity index (χ1v) is 7.28. The van der Waals surface area contributed by atoms with Crippen molar-refractivity contribution >= 4 is 17.1 Å². The quantitative estimate of drug-likeness (QED) is 0.934. The molecule has 3 rings (SSSR count). The molecule has 0 aromatic carbocycles. The highest BCUT2D eigenvalue weighted by Crippen LogP contribution is 2.38. The fourth-order valence-electron chi connectivity index (χ4n) is 3.22. The zero-order valence-corrected chi connectivity index (χ0v) is 12.2. The Labute approximate surface area is 119 Å². The van der Waals surface area contributed by atoms with Crippen LogP contribution in [-0.2, 0) is 6.54 Å². The van der Waals surface area contributed by atoms with Crippen LogP contribution in [0, 0.1) is 5.41 Å². The Balaban J connectivity index is 1.99. The van der Waals surface area contributed by atoms with E-state index < -0.39 is 0 Å². The maximum atomic E-state index is 6.09. The van der Waals surface area contributed by atoms with E-state index in [4.69, 9.17) is 10.5 Å². The molecular formula is C15H22N4O. The fraction of sp³-hybridized carbons (Fsp3) is 0.600. The van der Waals surface area contributed by atoms with Crippen molar-refractivity contribution in [3.8, 4) is 5.88 Å². The molecule has 1 saturated carbocycles. The number of nitrogens with two attached hydrogens (primary N) is 1. The van der Waals surface area contributed by atoms with Crippen LogP contribution in [0.25, 0.3) is 11.2 Å². The molecule has 5 nitrogen and oxygen atoms in total. The summed E-state index contributed by atoms with van der Waals surface area (Å²) in [6.07, 6.45) is 6.45. The topological polar surface area (TPSA) is 66.0 Å². The number of fused-ring (bicyclic) bond motifs is 1. The minimum absolute atomic E-state index is 0.296. The maximum absolute atomic E-state index is 6.09. The Kier molecular flexibility index (Phi) is 3.28. The predicted molar refractivity (Wildman–Crippen MR) is 79.7 cm³/mol. The molecule has 2 aromatic rings. The SMILES string of the molecule is COc1ccc2nc(N)n(CC3(C)CCCCC3)c2n1. The molecule has 0 radical (unpaired) electrons. The highest BCUT2D eigenvalue weighted by atomic mass is 16.5. The lowest BCUT2D eigenvalue weighted by atomic mass is 9.75. The van der Waals surface area contributed by atoms with E-state index in [0.717, 1.165) is 17.7 Å². The summed E-state index contributed by atoms with van der Waals surface area (Å²) in [7, 11) is 1.63. The first-order chi connectivity index (χ1) is 9.61. The van der Waals surface area contributed by atoms with E-state index in [1.54, 1.807) is 7.11 Å². The normalized spacial score (nSPS) is 18.3. The number of nitrogens with zero attached hydrogens (tertiary/aromatic N) is 3. The zero-order valence-electron chi connectivity index (χ0n) is 12.2. The molecule has 2 N–H and O–H groups in total. The average Bonchev–Trinajstić information content (AvgIpc) is 2.75. The summed E-state index contributed by atoms with van der Waals surface area (Å²) >= 11 is 0. The number of imidazole rings is 1. The minimum Gasteiger partial charge on any atom is -0.481 e. The van der Waals surface area contributed by atoms with Crippen LogP contribution in [0.2, 0.25) is 0 Å². The summed E-state index contributed by atoms with van der Waals surface area (Å²) in [6.45, 7) is 3.23. The van der Waals surface area contributed by atoms with Gasteiger partial charge in [-0.15, -0.1) is 0 Å². The molecule has 0 unspecified atom stereocenters. The summed E-state index contributed by atoms with van der Waals surface area (Å²) in [5.41, 5.74) is 8.05. The van der Waals surface area contributed by atoms with E-state index in [1.807, 2.05) is 16.7 Å². The number of aromatic nitrogens is 3. The van der Waals surface area contributed by atoms with Crippen LogP contribution in [0.3, 0.4) is 0 Å². The van der Waals surface area contributed by atoms with E-state index in [0.29, 0.717) is 17.2 Å². The number of nitrogen functional groups attached to an aromatic ring is 1. The van der Waals surface area contributed by atoms with Gasteiger partial charge in [-0.05, 0) is 24.3 Å². The van der Waals surface area contributed by atoms with Gasteiger partial charge < -0.3 is 10.5 Å². The van der Waals surface area contributed by atoms with Gasteiger partial charge in [-0.25, -0.2) is 4.98 Å². The summed E-state index contributed by atoms with van der Waals surface area (Å²) in [5.74, 6) is 1.15. The van der Waals surface area contributed by atoms with Crippen molar-refractivity contribution in [1.82, 2.24) is 14.5 Å². The number of hydrogen-bond donors (Lipinski definition) is 1. The van der Waals surface area contributed by atoms with Gasteiger partial charge in [0.05, 0.1) is 7.11 Å². The van der Waals surface area contributed by atoms with Crippen molar-refractivity contribution in [3.63, 3.8) is 0 Å². The predicted octanol–water partition coefficient (Wildman–Crippen LogP) is 2.99. The third-order valence-corrected chi connectivity index (χ3v) is 4.41. The van der Waals surface area contributed by atoms with Crippen LogP contribution in [-0.4, -0.2) is 21.6 Å². The van der Waals surface area contributed by atoms with E-state index in [2.05, 4.69) is 16.9 Å². The van der Waals surface area contributed by atoms with Gasteiger partial charge in [0, 0.05) is 12.6 Å². The minimum atomic E-state index is 0.296. The van der Waals surface area contributed by atoms with Crippen molar-refractivity contribution in [2.75, 3.05) is 12.8 Å². The lowest BCUT2D eigenvalue weighted by Crippen LogP contribution is -2.26. The molecule has 1 fully saturated rings. The van der Waals surface area contributed by atoms with Crippen LogP contribution in [0.15, 0.2) is 12.1 Å². The Hall–Kier alpha value is -1.78. The van der Waals surface area contributed by atoms with Crippen LogP contribution in [0.1, 0.15) is 39.0 Å². The summed E-state index contributed by atoms with van der Waals surface area (Å²) in [4.78, 5) is 8.92. The van der Waals surface area contributed by atoms with E-state index in [9.17, 15) is 0 Å². The Morgan fingerprint density at radius 2 is 2.00 bits per heavy atom. The van der Waals surface area contributed by atoms with Crippen molar-refractivity contribution in [2.24, 2.45) is 5.41 Å².